The molecule has 3 aromatic carbocycles. The second kappa shape index (κ2) is 10.1. The molecule has 0 unspecified atom stereocenters. The van der Waals surface area contributed by atoms with Crippen molar-refractivity contribution in [3.63, 3.8) is 0 Å². The van der Waals surface area contributed by atoms with Crippen LogP contribution in [0.5, 0.6) is 17.2 Å². The van der Waals surface area contributed by atoms with Crippen molar-refractivity contribution in [2.24, 2.45) is 4.99 Å². The minimum atomic E-state index is -0.428. The third-order valence-corrected chi connectivity index (χ3v) is 5.02. The van der Waals surface area contributed by atoms with Gasteiger partial charge >= 0.3 is 0 Å². The molecule has 0 N–H and O–H groups in total. The lowest BCUT2D eigenvalue weighted by Crippen LogP contribution is -2.01. The fourth-order valence-electron chi connectivity index (χ4n) is 2.64. The van der Waals surface area contributed by atoms with Crippen molar-refractivity contribution in [3.05, 3.63) is 85.5 Å². The third-order valence-electron chi connectivity index (χ3n) is 4.22. The lowest BCUT2D eigenvalue weighted by molar-refractivity contribution is -0.384. The number of aliphatic imine (C=N–C) groups is 1. The van der Waals surface area contributed by atoms with Gasteiger partial charge in [0.2, 0.25) is 0 Å². The molecule has 0 fully saturated rings. The predicted octanol–water partition coefficient (Wildman–Crippen LogP) is 5.55. The van der Waals surface area contributed by atoms with E-state index in [0.29, 0.717) is 11.5 Å². The predicted molar refractivity (Wildman–Crippen MR) is 123 cm³/mol. The Morgan fingerprint density at radius 2 is 1.73 bits per heavy atom. The lowest BCUT2D eigenvalue weighted by atomic mass is 10.2. The van der Waals surface area contributed by atoms with Crippen LogP contribution in [0.2, 0.25) is 0 Å². The number of nitrogens with zero attached hydrogens (tertiary/aromatic N) is 2. The molecule has 0 atom stereocenters. The molecule has 0 heterocycles. The van der Waals surface area contributed by atoms with Crippen molar-refractivity contribution in [3.8, 4) is 17.2 Å². The van der Waals surface area contributed by atoms with E-state index in [9.17, 15) is 10.1 Å². The maximum atomic E-state index is 10.8. The fourth-order valence-corrected chi connectivity index (χ4v) is 3.42. The van der Waals surface area contributed by atoms with Crippen LogP contribution in [0.3, 0.4) is 0 Å². The summed E-state index contributed by atoms with van der Waals surface area (Å²) in [6.07, 6.45) is 1.76. The summed E-state index contributed by atoms with van der Waals surface area (Å²) in [5.41, 5.74) is 2.55. The number of nitro groups is 1. The zero-order valence-electron chi connectivity index (χ0n) is 16.4. The van der Waals surface area contributed by atoms with Gasteiger partial charge in [-0.15, -0.1) is 0 Å². The van der Waals surface area contributed by atoms with Crippen LogP contribution in [-0.2, 0) is 6.61 Å². The summed E-state index contributed by atoms with van der Waals surface area (Å²) in [5.74, 6) is 1.97. The van der Waals surface area contributed by atoms with Gasteiger partial charge in [0.1, 0.15) is 12.4 Å². The van der Waals surface area contributed by atoms with Gasteiger partial charge in [0.05, 0.1) is 28.4 Å². The molecule has 0 radical (unpaired) electrons. The van der Waals surface area contributed by atoms with E-state index in [1.807, 2.05) is 36.4 Å². The van der Waals surface area contributed by atoms with Gasteiger partial charge in [0, 0.05) is 18.3 Å². The number of methoxy groups -OCH3 is 2. The van der Waals surface area contributed by atoms with Gasteiger partial charge in [-0.05, 0) is 82.2 Å². The highest BCUT2D eigenvalue weighted by atomic mass is 127. The van der Waals surface area contributed by atoms with Crippen molar-refractivity contribution in [2.75, 3.05) is 14.2 Å². The second-order valence-corrected chi connectivity index (χ2v) is 7.36. The molecular formula is C22H19IN2O5. The molecule has 8 heteroatoms. The first-order valence-electron chi connectivity index (χ1n) is 8.92. The van der Waals surface area contributed by atoms with Gasteiger partial charge < -0.3 is 14.2 Å². The first-order chi connectivity index (χ1) is 14.5. The maximum Gasteiger partial charge on any atom is 0.269 e. The number of benzene rings is 3. The Hall–Kier alpha value is -3.14. The summed E-state index contributed by atoms with van der Waals surface area (Å²) in [7, 11) is 3.20. The number of hydrogen-bond donors (Lipinski definition) is 0. The molecule has 30 heavy (non-hydrogen) atoms. The van der Waals surface area contributed by atoms with Crippen LogP contribution in [0.1, 0.15) is 11.1 Å². The van der Waals surface area contributed by atoms with E-state index in [1.165, 1.54) is 12.1 Å². The summed E-state index contributed by atoms with van der Waals surface area (Å²) in [5, 5.41) is 10.8. The summed E-state index contributed by atoms with van der Waals surface area (Å²) < 4.78 is 17.4. The van der Waals surface area contributed by atoms with Crippen LogP contribution < -0.4 is 14.2 Å². The minimum Gasteiger partial charge on any atom is -0.497 e. The van der Waals surface area contributed by atoms with Crippen molar-refractivity contribution in [2.45, 2.75) is 6.61 Å². The molecule has 0 saturated heterocycles. The molecule has 0 bridgehead atoms. The topological polar surface area (TPSA) is 83.2 Å². The van der Waals surface area contributed by atoms with Gasteiger partial charge in [-0.2, -0.15) is 0 Å². The Labute approximate surface area is 187 Å². The van der Waals surface area contributed by atoms with Crippen LogP contribution >= 0.6 is 22.6 Å². The van der Waals surface area contributed by atoms with E-state index >= 15 is 0 Å². The van der Waals surface area contributed by atoms with Crippen molar-refractivity contribution in [1.29, 1.82) is 0 Å². The van der Waals surface area contributed by atoms with E-state index in [2.05, 4.69) is 27.6 Å². The SMILES string of the molecule is COc1ccc(N=Cc2cc(I)c(OCc3ccc([N+](=O)[O-])cc3)c(OC)c2)cc1. The number of hydrogen-bond acceptors (Lipinski definition) is 6. The van der Waals surface area contributed by atoms with E-state index in [-0.39, 0.29) is 12.3 Å². The van der Waals surface area contributed by atoms with Gasteiger partial charge in [0.15, 0.2) is 11.5 Å². The van der Waals surface area contributed by atoms with Gasteiger partial charge in [-0.25, -0.2) is 0 Å². The normalized spacial score (nSPS) is 10.8. The van der Waals surface area contributed by atoms with Crippen molar-refractivity contribution >= 4 is 40.2 Å². The molecule has 3 aromatic rings. The van der Waals surface area contributed by atoms with E-state index < -0.39 is 4.92 Å². The summed E-state index contributed by atoms with van der Waals surface area (Å²) >= 11 is 2.18. The highest BCUT2D eigenvalue weighted by Gasteiger charge is 2.12. The van der Waals surface area contributed by atoms with Gasteiger partial charge in [-0.3, -0.25) is 15.1 Å². The molecule has 0 aliphatic rings. The van der Waals surface area contributed by atoms with Crippen molar-refractivity contribution < 1.29 is 19.1 Å². The summed E-state index contributed by atoms with van der Waals surface area (Å²) in [6, 6.07) is 17.5. The van der Waals surface area contributed by atoms with E-state index in [0.717, 1.165) is 26.1 Å². The van der Waals surface area contributed by atoms with E-state index in [1.54, 1.807) is 32.6 Å². The number of non-ortho nitro benzene ring substituents is 1. The monoisotopic (exact) mass is 518 g/mol. The minimum absolute atomic E-state index is 0.0476. The molecule has 0 saturated carbocycles. The molecule has 0 aromatic heterocycles. The summed E-state index contributed by atoms with van der Waals surface area (Å²) in [4.78, 5) is 14.8. The molecule has 0 aliphatic heterocycles. The molecule has 0 spiro atoms. The van der Waals surface area contributed by atoms with Crippen LogP contribution in [0.4, 0.5) is 11.4 Å². The first-order valence-corrected chi connectivity index (χ1v) is 10.00. The van der Waals surface area contributed by atoms with Crippen molar-refractivity contribution in [1.82, 2.24) is 0 Å². The quantitative estimate of drug-likeness (QED) is 0.169. The van der Waals surface area contributed by atoms with Gasteiger partial charge in [0.25, 0.3) is 5.69 Å². The first kappa shape index (κ1) is 21.6. The Kier molecular flexibility index (Phi) is 7.23. The molecule has 3 rings (SSSR count). The smallest absolute Gasteiger partial charge is 0.269 e. The van der Waals surface area contributed by atoms with Crippen LogP contribution in [0.15, 0.2) is 65.7 Å². The second-order valence-electron chi connectivity index (χ2n) is 6.20. The molecule has 7 nitrogen and oxygen atoms in total. The fraction of sp³-hybridized carbons (Fsp3) is 0.136. The Balaban J connectivity index is 1.74. The average molecular weight is 518 g/mol. The van der Waals surface area contributed by atoms with Gasteiger partial charge in [-0.1, -0.05) is 0 Å². The zero-order chi connectivity index (χ0) is 21.5. The standard InChI is InChI=1S/C22H19IN2O5/c1-28-19-9-5-17(6-10-19)24-13-16-11-20(23)22(21(12-16)29-2)30-14-15-3-7-18(8-4-15)25(26)27/h3-13H,14H2,1-2H3. The van der Waals surface area contributed by atoms with Crippen LogP contribution in [0, 0.1) is 13.7 Å². The molecule has 0 amide bonds. The lowest BCUT2D eigenvalue weighted by Gasteiger charge is -2.13. The van der Waals surface area contributed by atoms with E-state index in [4.69, 9.17) is 14.2 Å². The average Bonchev–Trinajstić information content (AvgIpc) is 2.77. The molecular weight excluding hydrogens is 499 g/mol. The Bertz CT molecular complexity index is 1050. The highest BCUT2D eigenvalue weighted by Crippen LogP contribution is 2.34. The maximum absolute atomic E-state index is 10.8. The molecule has 0 aliphatic carbocycles. The largest absolute Gasteiger partial charge is 0.497 e. The summed E-state index contributed by atoms with van der Waals surface area (Å²) in [6.45, 7) is 0.268. The number of rotatable bonds is 8. The zero-order valence-corrected chi connectivity index (χ0v) is 18.5. The Morgan fingerprint density at radius 3 is 2.33 bits per heavy atom. The van der Waals surface area contributed by atoms with Crippen LogP contribution in [-0.4, -0.2) is 25.4 Å². The van der Waals surface area contributed by atoms with Crippen LogP contribution in [0.25, 0.3) is 0 Å². The molecule has 154 valence electrons. The highest BCUT2D eigenvalue weighted by molar-refractivity contribution is 14.1. The third kappa shape index (κ3) is 5.47. The number of nitro benzene ring substituents is 1. The number of halogens is 1. The number of ether oxygens (including phenoxy) is 3. The Morgan fingerprint density at radius 1 is 1.03 bits per heavy atom.